The van der Waals surface area contributed by atoms with Crippen molar-refractivity contribution in [1.29, 1.82) is 0 Å². The number of hydrogen-bond donors (Lipinski definition) is 0. The van der Waals surface area contributed by atoms with Crippen molar-refractivity contribution in [3.05, 3.63) is 35.5 Å². The van der Waals surface area contributed by atoms with Gasteiger partial charge in [-0.25, -0.2) is 9.97 Å². The average Bonchev–Trinajstić information content (AvgIpc) is 2.39. The molecule has 0 saturated heterocycles. The Hall–Kier alpha value is -1.26. The maximum Gasteiger partial charge on any atom is 0.187 e. The molecule has 0 aliphatic rings. The largest absolute Gasteiger partial charge is 0.496 e. The summed E-state index contributed by atoms with van der Waals surface area (Å²) in [5.41, 5.74) is 1.68. The Morgan fingerprint density at radius 3 is 2.82 bits per heavy atom. The molecule has 5 heteroatoms. The second-order valence-electron chi connectivity index (χ2n) is 3.27. The summed E-state index contributed by atoms with van der Waals surface area (Å²) >= 11 is 7.49. The zero-order valence-corrected chi connectivity index (χ0v) is 11.0. The van der Waals surface area contributed by atoms with Gasteiger partial charge in [-0.2, -0.15) is 0 Å². The molecule has 17 heavy (non-hydrogen) atoms. The molecule has 2 rings (SSSR count). The van der Waals surface area contributed by atoms with E-state index in [1.807, 2.05) is 24.5 Å². The highest BCUT2D eigenvalue weighted by atomic mass is 35.5. The van der Waals surface area contributed by atoms with E-state index in [2.05, 4.69) is 9.97 Å². The second kappa shape index (κ2) is 5.38. The molecular weight excluding hydrogens is 256 g/mol. The van der Waals surface area contributed by atoms with Crippen molar-refractivity contribution in [3.63, 3.8) is 0 Å². The van der Waals surface area contributed by atoms with Crippen LogP contribution in [0.4, 0.5) is 0 Å². The van der Waals surface area contributed by atoms with Crippen molar-refractivity contribution in [2.24, 2.45) is 0 Å². The molecule has 0 unspecified atom stereocenters. The molecule has 0 fully saturated rings. The summed E-state index contributed by atoms with van der Waals surface area (Å²) in [6.07, 6.45) is 3.67. The van der Waals surface area contributed by atoms with Gasteiger partial charge in [-0.3, -0.25) is 0 Å². The number of aromatic nitrogens is 2. The zero-order chi connectivity index (χ0) is 12.3. The Kier molecular flexibility index (Phi) is 3.86. The topological polar surface area (TPSA) is 35.0 Å². The van der Waals surface area contributed by atoms with E-state index in [1.165, 1.54) is 11.8 Å². The van der Waals surface area contributed by atoms with E-state index in [0.717, 1.165) is 22.2 Å². The molecular formula is C12H11ClN2OS. The second-order valence-corrected chi connectivity index (χ2v) is 4.48. The Morgan fingerprint density at radius 1 is 1.29 bits per heavy atom. The van der Waals surface area contributed by atoms with Crippen LogP contribution in [0.1, 0.15) is 0 Å². The van der Waals surface area contributed by atoms with Gasteiger partial charge in [0, 0.05) is 16.8 Å². The third-order valence-electron chi connectivity index (χ3n) is 2.25. The van der Waals surface area contributed by atoms with E-state index in [0.29, 0.717) is 5.02 Å². The first-order chi connectivity index (χ1) is 8.24. The van der Waals surface area contributed by atoms with Crippen LogP contribution in [-0.2, 0) is 0 Å². The molecule has 88 valence electrons. The van der Waals surface area contributed by atoms with E-state index in [4.69, 9.17) is 16.3 Å². The van der Waals surface area contributed by atoms with Crippen molar-refractivity contribution in [3.8, 4) is 17.0 Å². The molecule has 2 aromatic rings. The third kappa shape index (κ3) is 2.70. The van der Waals surface area contributed by atoms with Crippen LogP contribution in [0, 0.1) is 0 Å². The van der Waals surface area contributed by atoms with Gasteiger partial charge in [-0.1, -0.05) is 23.4 Å². The molecule has 0 bridgehead atoms. The van der Waals surface area contributed by atoms with Crippen molar-refractivity contribution >= 4 is 23.4 Å². The first-order valence-electron chi connectivity index (χ1n) is 4.95. The molecule has 1 heterocycles. The van der Waals surface area contributed by atoms with Crippen molar-refractivity contribution in [2.75, 3.05) is 13.4 Å². The van der Waals surface area contributed by atoms with Crippen LogP contribution in [0.2, 0.25) is 5.02 Å². The minimum atomic E-state index is 0.658. The Bertz CT molecular complexity index is 534. The van der Waals surface area contributed by atoms with Gasteiger partial charge in [0.1, 0.15) is 5.75 Å². The van der Waals surface area contributed by atoms with E-state index in [9.17, 15) is 0 Å². The quantitative estimate of drug-likeness (QED) is 0.629. The van der Waals surface area contributed by atoms with E-state index < -0.39 is 0 Å². The number of thioether (sulfide) groups is 1. The minimum Gasteiger partial charge on any atom is -0.496 e. The molecule has 0 aliphatic carbocycles. The van der Waals surface area contributed by atoms with Crippen LogP contribution in [0.3, 0.4) is 0 Å². The standard InChI is InChI=1S/C12H11ClN2OS/c1-16-11-4-3-8(13)7-9(11)10-5-6-14-12(15-10)17-2/h3-7H,1-2H3. The van der Waals surface area contributed by atoms with Crippen LogP contribution in [-0.4, -0.2) is 23.3 Å². The smallest absolute Gasteiger partial charge is 0.187 e. The van der Waals surface area contributed by atoms with Crippen LogP contribution in [0.25, 0.3) is 11.3 Å². The van der Waals surface area contributed by atoms with Gasteiger partial charge in [0.2, 0.25) is 0 Å². The van der Waals surface area contributed by atoms with Crippen LogP contribution < -0.4 is 4.74 Å². The Labute approximate surface area is 109 Å². The number of ether oxygens (including phenoxy) is 1. The summed E-state index contributed by atoms with van der Waals surface area (Å²) in [7, 11) is 1.63. The number of methoxy groups -OCH3 is 1. The normalized spacial score (nSPS) is 10.3. The van der Waals surface area contributed by atoms with E-state index >= 15 is 0 Å². The number of nitrogens with zero attached hydrogens (tertiary/aromatic N) is 2. The fourth-order valence-corrected chi connectivity index (χ4v) is 2.00. The predicted octanol–water partition coefficient (Wildman–Crippen LogP) is 3.53. The molecule has 3 nitrogen and oxygen atoms in total. The fourth-order valence-electron chi connectivity index (χ4n) is 1.47. The van der Waals surface area contributed by atoms with Gasteiger partial charge in [0.25, 0.3) is 0 Å². The van der Waals surface area contributed by atoms with E-state index in [-0.39, 0.29) is 0 Å². The first kappa shape index (κ1) is 12.2. The molecule has 0 saturated carbocycles. The van der Waals surface area contributed by atoms with Crippen LogP contribution >= 0.6 is 23.4 Å². The number of hydrogen-bond acceptors (Lipinski definition) is 4. The molecule has 0 amide bonds. The lowest BCUT2D eigenvalue weighted by Crippen LogP contribution is -1.92. The van der Waals surface area contributed by atoms with Crippen molar-refractivity contribution in [1.82, 2.24) is 9.97 Å². The number of benzene rings is 1. The van der Waals surface area contributed by atoms with Gasteiger partial charge in [-0.15, -0.1) is 0 Å². The molecule has 1 aromatic heterocycles. The van der Waals surface area contributed by atoms with Crippen LogP contribution in [0.5, 0.6) is 5.75 Å². The van der Waals surface area contributed by atoms with E-state index in [1.54, 1.807) is 19.4 Å². The SMILES string of the molecule is COc1ccc(Cl)cc1-c1ccnc(SC)n1. The average molecular weight is 267 g/mol. The van der Waals surface area contributed by atoms with Gasteiger partial charge in [-0.05, 0) is 30.5 Å². The molecule has 0 N–H and O–H groups in total. The monoisotopic (exact) mass is 266 g/mol. The van der Waals surface area contributed by atoms with Crippen LogP contribution in [0.15, 0.2) is 35.6 Å². The highest BCUT2D eigenvalue weighted by Gasteiger charge is 2.08. The summed E-state index contributed by atoms with van der Waals surface area (Å²) < 4.78 is 5.30. The van der Waals surface area contributed by atoms with Gasteiger partial charge >= 0.3 is 0 Å². The first-order valence-corrected chi connectivity index (χ1v) is 6.56. The maximum atomic E-state index is 5.99. The Balaban J connectivity index is 2.54. The molecule has 0 spiro atoms. The van der Waals surface area contributed by atoms with Crippen molar-refractivity contribution < 1.29 is 4.74 Å². The molecule has 1 aromatic carbocycles. The predicted molar refractivity (Wildman–Crippen MR) is 70.8 cm³/mol. The van der Waals surface area contributed by atoms with Crippen molar-refractivity contribution in [2.45, 2.75) is 5.16 Å². The molecule has 0 aliphatic heterocycles. The summed E-state index contributed by atoms with van der Waals surface area (Å²) in [4.78, 5) is 8.56. The molecule has 0 atom stereocenters. The zero-order valence-electron chi connectivity index (χ0n) is 9.48. The summed E-state index contributed by atoms with van der Waals surface area (Å²) in [6, 6.07) is 7.31. The lowest BCUT2D eigenvalue weighted by molar-refractivity contribution is 0.416. The summed E-state index contributed by atoms with van der Waals surface area (Å²) in [6.45, 7) is 0. The highest BCUT2D eigenvalue weighted by molar-refractivity contribution is 7.98. The highest BCUT2D eigenvalue weighted by Crippen LogP contribution is 2.31. The lowest BCUT2D eigenvalue weighted by atomic mass is 10.1. The minimum absolute atomic E-state index is 0.658. The fraction of sp³-hybridized carbons (Fsp3) is 0.167. The maximum absolute atomic E-state index is 5.99. The Morgan fingerprint density at radius 2 is 2.12 bits per heavy atom. The summed E-state index contributed by atoms with van der Waals surface area (Å²) in [5.74, 6) is 0.750. The van der Waals surface area contributed by atoms with Gasteiger partial charge in [0.15, 0.2) is 5.16 Å². The molecule has 0 radical (unpaired) electrons. The third-order valence-corrected chi connectivity index (χ3v) is 3.05. The summed E-state index contributed by atoms with van der Waals surface area (Å²) in [5, 5.41) is 1.38. The lowest BCUT2D eigenvalue weighted by Gasteiger charge is -2.08. The van der Waals surface area contributed by atoms with Gasteiger partial charge < -0.3 is 4.74 Å². The number of rotatable bonds is 3. The van der Waals surface area contributed by atoms with Gasteiger partial charge in [0.05, 0.1) is 12.8 Å². The number of halogens is 1.